The maximum atomic E-state index is 12.8. The highest BCUT2D eigenvalue weighted by molar-refractivity contribution is 6.32. The molecule has 0 unspecified atom stereocenters. The Kier molecular flexibility index (Phi) is 6.84. The first-order valence-electron chi connectivity index (χ1n) is 8.93. The van der Waals surface area contributed by atoms with Gasteiger partial charge in [0.1, 0.15) is 17.2 Å². The van der Waals surface area contributed by atoms with E-state index in [0.29, 0.717) is 29.4 Å². The largest absolute Gasteiger partial charge is 0.493 e. The predicted octanol–water partition coefficient (Wildman–Crippen LogP) is 6.96. The monoisotopic (exact) mass is 435 g/mol. The molecule has 3 aromatic rings. The SMILES string of the molecule is CCOc1cc(Oc2ccc(C(F)(F)F)cc2Cl)ccc1/C=N/Oc1ccccc1. The molecule has 0 radical (unpaired) electrons. The van der Waals surface area contributed by atoms with E-state index in [1.54, 1.807) is 30.3 Å². The Hall–Kier alpha value is -3.19. The van der Waals surface area contributed by atoms with Gasteiger partial charge in [0.2, 0.25) is 0 Å². The van der Waals surface area contributed by atoms with Gasteiger partial charge in [-0.3, -0.25) is 0 Å². The zero-order chi connectivity index (χ0) is 21.6. The quantitative estimate of drug-likeness (QED) is 0.297. The lowest BCUT2D eigenvalue weighted by Crippen LogP contribution is -2.04. The van der Waals surface area contributed by atoms with Gasteiger partial charge in [0.05, 0.1) is 23.4 Å². The van der Waals surface area contributed by atoms with E-state index in [0.717, 1.165) is 12.1 Å². The van der Waals surface area contributed by atoms with Crippen LogP contribution >= 0.6 is 11.6 Å². The number of halogens is 4. The Bertz CT molecular complexity index is 1020. The molecule has 0 N–H and O–H groups in total. The topological polar surface area (TPSA) is 40.0 Å². The number of alkyl halides is 3. The number of hydrogen-bond donors (Lipinski definition) is 0. The van der Waals surface area contributed by atoms with Gasteiger partial charge in [-0.15, -0.1) is 0 Å². The van der Waals surface area contributed by atoms with Crippen LogP contribution in [0.25, 0.3) is 0 Å². The molecule has 0 aromatic heterocycles. The molecule has 0 saturated carbocycles. The van der Waals surface area contributed by atoms with Crippen molar-refractivity contribution in [1.82, 2.24) is 0 Å². The number of rotatable bonds is 7. The normalized spacial score (nSPS) is 11.5. The number of oxime groups is 1. The number of benzene rings is 3. The van der Waals surface area contributed by atoms with E-state index in [4.69, 9.17) is 25.9 Å². The second-order valence-corrected chi connectivity index (χ2v) is 6.42. The van der Waals surface area contributed by atoms with Gasteiger partial charge in [-0.25, -0.2) is 0 Å². The van der Waals surface area contributed by atoms with Gasteiger partial charge in [0.15, 0.2) is 5.75 Å². The van der Waals surface area contributed by atoms with Crippen LogP contribution in [-0.2, 0) is 6.18 Å². The Morgan fingerprint density at radius 2 is 1.70 bits per heavy atom. The molecule has 0 heterocycles. The molecular weight excluding hydrogens is 419 g/mol. The molecule has 8 heteroatoms. The van der Waals surface area contributed by atoms with E-state index in [1.165, 1.54) is 12.3 Å². The fourth-order valence-electron chi connectivity index (χ4n) is 2.48. The predicted molar refractivity (Wildman–Crippen MR) is 109 cm³/mol. The fraction of sp³-hybridized carbons (Fsp3) is 0.136. The molecule has 3 aromatic carbocycles. The van der Waals surface area contributed by atoms with Crippen LogP contribution in [-0.4, -0.2) is 12.8 Å². The summed E-state index contributed by atoms with van der Waals surface area (Å²) in [6.07, 6.45) is -2.99. The fourth-order valence-corrected chi connectivity index (χ4v) is 2.70. The van der Waals surface area contributed by atoms with E-state index >= 15 is 0 Å². The van der Waals surface area contributed by atoms with Crippen molar-refractivity contribution >= 4 is 17.8 Å². The first kappa shape index (κ1) is 21.5. The van der Waals surface area contributed by atoms with Gasteiger partial charge in [-0.2, -0.15) is 13.2 Å². The van der Waals surface area contributed by atoms with Crippen molar-refractivity contribution in [2.45, 2.75) is 13.1 Å². The molecule has 0 atom stereocenters. The van der Waals surface area contributed by atoms with Crippen LogP contribution in [0.5, 0.6) is 23.0 Å². The molecule has 0 aliphatic carbocycles. The minimum absolute atomic E-state index is 0.0981. The highest BCUT2D eigenvalue weighted by Crippen LogP contribution is 2.37. The van der Waals surface area contributed by atoms with E-state index in [9.17, 15) is 13.2 Å². The second kappa shape index (κ2) is 9.54. The molecule has 3 rings (SSSR count). The summed E-state index contributed by atoms with van der Waals surface area (Å²) in [4.78, 5) is 5.30. The lowest BCUT2D eigenvalue weighted by Gasteiger charge is -2.13. The summed E-state index contributed by atoms with van der Waals surface area (Å²) in [5, 5.41) is 3.79. The van der Waals surface area contributed by atoms with Gasteiger partial charge in [-0.05, 0) is 49.4 Å². The van der Waals surface area contributed by atoms with E-state index in [-0.39, 0.29) is 10.8 Å². The van der Waals surface area contributed by atoms with Crippen molar-refractivity contribution in [1.29, 1.82) is 0 Å². The molecule has 0 saturated heterocycles. The summed E-state index contributed by atoms with van der Waals surface area (Å²) in [5.41, 5.74) is -0.210. The van der Waals surface area contributed by atoms with Crippen molar-refractivity contribution in [2.75, 3.05) is 6.61 Å². The lowest BCUT2D eigenvalue weighted by atomic mass is 10.2. The number of nitrogens with zero attached hydrogens (tertiary/aromatic N) is 1. The Morgan fingerprint density at radius 1 is 0.933 bits per heavy atom. The van der Waals surface area contributed by atoms with Crippen LogP contribution in [0.15, 0.2) is 71.9 Å². The van der Waals surface area contributed by atoms with Gasteiger partial charge in [0, 0.05) is 11.6 Å². The zero-order valence-corrected chi connectivity index (χ0v) is 16.6. The Morgan fingerprint density at radius 3 is 2.37 bits per heavy atom. The van der Waals surface area contributed by atoms with Crippen LogP contribution in [0, 0.1) is 0 Å². The lowest BCUT2D eigenvalue weighted by molar-refractivity contribution is -0.137. The van der Waals surface area contributed by atoms with Crippen LogP contribution in [0.3, 0.4) is 0 Å². The van der Waals surface area contributed by atoms with Crippen molar-refractivity contribution in [3.8, 4) is 23.0 Å². The van der Waals surface area contributed by atoms with Crippen molar-refractivity contribution in [3.63, 3.8) is 0 Å². The third-order valence-electron chi connectivity index (χ3n) is 3.86. The minimum Gasteiger partial charge on any atom is -0.493 e. The molecule has 30 heavy (non-hydrogen) atoms. The van der Waals surface area contributed by atoms with Gasteiger partial charge < -0.3 is 14.3 Å². The average molecular weight is 436 g/mol. The molecule has 0 aliphatic heterocycles. The van der Waals surface area contributed by atoms with Crippen LogP contribution in [0.2, 0.25) is 5.02 Å². The van der Waals surface area contributed by atoms with Crippen LogP contribution in [0.1, 0.15) is 18.1 Å². The molecule has 0 amide bonds. The first-order valence-corrected chi connectivity index (χ1v) is 9.31. The minimum atomic E-state index is -4.48. The molecule has 0 fully saturated rings. The van der Waals surface area contributed by atoms with Crippen LogP contribution < -0.4 is 14.3 Å². The van der Waals surface area contributed by atoms with Crippen molar-refractivity contribution < 1.29 is 27.5 Å². The Labute approximate surface area is 176 Å². The second-order valence-electron chi connectivity index (χ2n) is 6.02. The molecule has 0 spiro atoms. The maximum Gasteiger partial charge on any atom is 0.416 e. The van der Waals surface area contributed by atoms with Crippen LogP contribution in [0.4, 0.5) is 13.2 Å². The zero-order valence-electron chi connectivity index (χ0n) is 15.8. The van der Waals surface area contributed by atoms with E-state index in [1.807, 2.05) is 25.1 Å². The van der Waals surface area contributed by atoms with Crippen molar-refractivity contribution in [2.24, 2.45) is 5.16 Å². The summed E-state index contributed by atoms with van der Waals surface area (Å²) >= 11 is 5.95. The highest BCUT2D eigenvalue weighted by atomic mass is 35.5. The van der Waals surface area contributed by atoms with Gasteiger partial charge in [0.25, 0.3) is 0 Å². The molecule has 156 valence electrons. The summed E-state index contributed by atoms with van der Waals surface area (Å²) in [5.74, 6) is 1.50. The van der Waals surface area contributed by atoms with Gasteiger partial charge in [-0.1, -0.05) is 35.0 Å². The summed E-state index contributed by atoms with van der Waals surface area (Å²) in [6, 6.07) is 16.9. The third kappa shape index (κ3) is 5.67. The Balaban J connectivity index is 1.78. The number of hydrogen-bond acceptors (Lipinski definition) is 4. The molecule has 0 bridgehead atoms. The summed E-state index contributed by atoms with van der Waals surface area (Å²) in [6.45, 7) is 2.21. The summed E-state index contributed by atoms with van der Waals surface area (Å²) in [7, 11) is 0. The molecule has 4 nitrogen and oxygen atoms in total. The molecular formula is C22H17ClF3NO3. The van der Waals surface area contributed by atoms with E-state index in [2.05, 4.69) is 5.16 Å². The number of para-hydroxylation sites is 1. The standard InChI is InChI=1S/C22H17ClF3NO3/c1-2-28-21-13-18(29-20-11-9-16(12-19(20)23)22(24,25)26)10-8-15(21)14-27-30-17-6-4-3-5-7-17/h3-14H,2H2,1H3/b27-14+. The average Bonchev–Trinajstić information content (AvgIpc) is 2.71. The van der Waals surface area contributed by atoms with Crippen molar-refractivity contribution in [3.05, 3.63) is 82.9 Å². The molecule has 0 aliphatic rings. The smallest absolute Gasteiger partial charge is 0.416 e. The number of ether oxygens (including phenoxy) is 2. The van der Waals surface area contributed by atoms with Gasteiger partial charge >= 0.3 is 6.18 Å². The summed E-state index contributed by atoms with van der Waals surface area (Å²) < 4.78 is 49.6. The highest BCUT2D eigenvalue weighted by Gasteiger charge is 2.31. The maximum absolute atomic E-state index is 12.8. The van der Waals surface area contributed by atoms with E-state index < -0.39 is 11.7 Å². The third-order valence-corrected chi connectivity index (χ3v) is 4.16. The first-order chi connectivity index (χ1) is 14.4.